The van der Waals surface area contributed by atoms with Crippen LogP contribution in [0.5, 0.6) is 0 Å². The van der Waals surface area contributed by atoms with Crippen molar-refractivity contribution in [3.8, 4) is 0 Å². The van der Waals surface area contributed by atoms with Crippen molar-refractivity contribution >= 4 is 56.5 Å². The lowest BCUT2D eigenvalue weighted by Crippen LogP contribution is -2.44. The fourth-order valence-electron chi connectivity index (χ4n) is 0.105. The van der Waals surface area contributed by atoms with Crippen molar-refractivity contribution < 1.29 is 9.90 Å². The second kappa shape index (κ2) is 3.32. The summed E-state index contributed by atoms with van der Waals surface area (Å²) in [6, 6.07) is 0. The Morgan fingerprint density at radius 2 is 1.78 bits per heavy atom. The van der Waals surface area contributed by atoms with Gasteiger partial charge in [0.25, 0.3) is 0 Å². The zero-order valence-electron chi connectivity index (χ0n) is 4.18. The van der Waals surface area contributed by atoms with Gasteiger partial charge < -0.3 is 9.90 Å². The quantitative estimate of drug-likeness (QED) is 0.359. The van der Waals surface area contributed by atoms with Crippen LogP contribution in [0.3, 0.4) is 0 Å². The number of rotatable bonds is 2. The van der Waals surface area contributed by atoms with Gasteiger partial charge in [0.05, 0.1) is 10.6 Å². The van der Waals surface area contributed by atoms with Crippen LogP contribution in [0, 0.1) is 0 Å². The number of thiol groups is 4. The Bertz CT molecular complexity index is 121. The first-order chi connectivity index (χ1) is 3.89. The molecule has 0 saturated carbocycles. The molecule has 9 heavy (non-hydrogen) atoms. The van der Waals surface area contributed by atoms with Crippen LogP contribution in [-0.4, -0.2) is 14.6 Å². The minimum atomic E-state index is -1.58. The van der Waals surface area contributed by atoms with Gasteiger partial charge in [0.1, 0.15) is 4.08 Å². The molecule has 0 spiro atoms. The number of carbonyl (C=O) groups excluding carboxylic acids is 1. The standard InChI is InChI=1S/C3H6O2S4/c4-1(5)3(8,9)2(6)7/h2,6-9H,(H,4,5)/p-1. The van der Waals surface area contributed by atoms with Crippen LogP contribution in [0.25, 0.3) is 0 Å². The van der Waals surface area contributed by atoms with Crippen LogP contribution in [-0.2, 0) is 4.79 Å². The molecule has 0 atom stereocenters. The highest BCUT2D eigenvalue weighted by Gasteiger charge is 2.27. The highest BCUT2D eigenvalue weighted by atomic mass is 32.2. The van der Waals surface area contributed by atoms with E-state index in [1.165, 1.54) is 0 Å². The van der Waals surface area contributed by atoms with E-state index in [0.717, 1.165) is 0 Å². The molecular weight excluding hydrogens is 196 g/mol. The molecule has 0 saturated heterocycles. The van der Waals surface area contributed by atoms with Crippen LogP contribution in [0.15, 0.2) is 0 Å². The average Bonchev–Trinajstić information content (AvgIpc) is 1.65. The van der Waals surface area contributed by atoms with Crippen molar-refractivity contribution in [1.29, 1.82) is 0 Å². The van der Waals surface area contributed by atoms with E-state index in [4.69, 9.17) is 0 Å². The Kier molecular flexibility index (Phi) is 3.64. The monoisotopic (exact) mass is 201 g/mol. The normalized spacial score (nSPS) is 12.1. The third-order valence-electron chi connectivity index (χ3n) is 0.660. The maximum atomic E-state index is 10.1. The molecule has 0 aliphatic carbocycles. The maximum Gasteiger partial charge on any atom is 0.115 e. The summed E-state index contributed by atoms with van der Waals surface area (Å²) < 4.78 is -2.33. The molecule has 0 aromatic heterocycles. The lowest BCUT2D eigenvalue weighted by Gasteiger charge is -2.25. The van der Waals surface area contributed by atoms with Gasteiger partial charge in [-0.1, -0.05) is 0 Å². The summed E-state index contributed by atoms with van der Waals surface area (Å²) in [5, 5.41) is 10.1. The van der Waals surface area contributed by atoms with E-state index in [1.807, 2.05) is 0 Å². The van der Waals surface area contributed by atoms with E-state index >= 15 is 0 Å². The lowest BCUT2D eigenvalue weighted by molar-refractivity contribution is -0.305. The van der Waals surface area contributed by atoms with Gasteiger partial charge >= 0.3 is 0 Å². The molecule has 0 aliphatic heterocycles. The molecule has 0 amide bonds. The number of carbonyl (C=O) groups is 1. The van der Waals surface area contributed by atoms with Crippen molar-refractivity contribution in [3.63, 3.8) is 0 Å². The van der Waals surface area contributed by atoms with Crippen LogP contribution in [0.1, 0.15) is 0 Å². The topological polar surface area (TPSA) is 40.1 Å². The molecule has 0 N–H and O–H groups in total. The van der Waals surface area contributed by atoms with Crippen LogP contribution < -0.4 is 5.11 Å². The summed E-state index contributed by atoms with van der Waals surface area (Å²) >= 11 is 14.7. The fraction of sp³-hybridized carbons (Fsp3) is 0.667. The van der Waals surface area contributed by atoms with Crippen molar-refractivity contribution in [2.24, 2.45) is 0 Å². The van der Waals surface area contributed by atoms with Crippen LogP contribution in [0.4, 0.5) is 0 Å². The maximum absolute atomic E-state index is 10.1. The largest absolute Gasteiger partial charge is 0.548 e. The smallest absolute Gasteiger partial charge is 0.115 e. The van der Waals surface area contributed by atoms with Gasteiger partial charge in [-0.25, -0.2) is 0 Å². The lowest BCUT2D eigenvalue weighted by atomic mass is 10.5. The van der Waals surface area contributed by atoms with E-state index in [1.54, 1.807) is 0 Å². The summed E-state index contributed by atoms with van der Waals surface area (Å²) in [5.41, 5.74) is 0. The fourth-order valence-corrected chi connectivity index (χ4v) is 0.316. The van der Waals surface area contributed by atoms with Gasteiger partial charge in [-0.15, -0.1) is 0 Å². The number of hydrogen-bond donors (Lipinski definition) is 4. The first-order valence-corrected chi connectivity index (χ1v) is 3.84. The molecule has 0 heterocycles. The molecule has 0 aliphatic rings. The minimum Gasteiger partial charge on any atom is -0.548 e. The van der Waals surface area contributed by atoms with E-state index in [-0.39, 0.29) is 0 Å². The summed E-state index contributed by atoms with van der Waals surface area (Å²) in [6.45, 7) is 0. The predicted octanol–water partition coefficient (Wildman–Crippen LogP) is -0.522. The molecule has 0 unspecified atom stereocenters. The molecule has 6 heteroatoms. The van der Waals surface area contributed by atoms with Crippen LogP contribution >= 0.6 is 50.5 Å². The van der Waals surface area contributed by atoms with Gasteiger partial charge in [0.2, 0.25) is 0 Å². The Morgan fingerprint density at radius 1 is 1.44 bits per heavy atom. The van der Waals surface area contributed by atoms with E-state index in [2.05, 4.69) is 50.5 Å². The highest BCUT2D eigenvalue weighted by molar-refractivity contribution is 8.08. The molecule has 2 nitrogen and oxygen atoms in total. The number of carboxylic acids is 1. The van der Waals surface area contributed by atoms with Gasteiger partial charge in [-0.05, 0) is 0 Å². The Hall–Kier alpha value is 0.870. The molecule has 0 aromatic carbocycles. The number of carboxylic acid groups (broad SMARTS) is 1. The van der Waals surface area contributed by atoms with Crippen LogP contribution in [0.2, 0.25) is 0 Å². The summed E-state index contributed by atoms with van der Waals surface area (Å²) in [6.07, 6.45) is 0. The van der Waals surface area contributed by atoms with Gasteiger partial charge in [-0.2, -0.15) is 50.5 Å². The van der Waals surface area contributed by atoms with E-state index in [0.29, 0.717) is 0 Å². The van der Waals surface area contributed by atoms with Crippen molar-refractivity contribution in [2.75, 3.05) is 0 Å². The molecule has 0 aromatic rings. The molecular formula is C3H5O2S4-. The SMILES string of the molecule is O=C([O-])C(S)(S)C(S)S. The van der Waals surface area contributed by atoms with Crippen molar-refractivity contribution in [1.82, 2.24) is 0 Å². The van der Waals surface area contributed by atoms with Gasteiger partial charge in [0.15, 0.2) is 0 Å². The summed E-state index contributed by atoms with van der Waals surface area (Å²) in [5.74, 6) is -1.40. The zero-order valence-corrected chi connectivity index (χ0v) is 7.76. The van der Waals surface area contributed by atoms with Crippen molar-refractivity contribution in [3.05, 3.63) is 0 Å². The molecule has 0 radical (unpaired) electrons. The first-order valence-electron chi connectivity index (χ1n) is 1.91. The Labute approximate surface area is 75.0 Å². The third kappa shape index (κ3) is 2.53. The molecule has 0 rings (SSSR count). The Balaban J connectivity index is 4.19. The summed E-state index contributed by atoms with van der Waals surface area (Å²) in [4.78, 5) is 10.1. The molecule has 0 bridgehead atoms. The van der Waals surface area contributed by atoms with E-state index in [9.17, 15) is 9.90 Å². The number of hydrogen-bond acceptors (Lipinski definition) is 6. The van der Waals surface area contributed by atoms with Gasteiger partial charge in [-0.3, -0.25) is 0 Å². The predicted molar refractivity (Wildman–Crippen MR) is 47.5 cm³/mol. The average molecular weight is 201 g/mol. The highest BCUT2D eigenvalue weighted by Crippen LogP contribution is 2.29. The second-order valence-corrected chi connectivity index (χ2v) is 4.59. The second-order valence-electron chi connectivity index (χ2n) is 1.39. The van der Waals surface area contributed by atoms with Gasteiger partial charge in [0, 0.05) is 0 Å². The summed E-state index contributed by atoms with van der Waals surface area (Å²) in [7, 11) is 0. The minimum absolute atomic E-state index is 0.755. The van der Waals surface area contributed by atoms with Crippen molar-refractivity contribution in [2.45, 2.75) is 8.66 Å². The molecule has 0 fully saturated rings. The first kappa shape index (κ1) is 9.87. The van der Waals surface area contributed by atoms with E-state index < -0.39 is 14.6 Å². The zero-order chi connectivity index (χ0) is 7.65. The Morgan fingerprint density at radius 3 is 1.78 bits per heavy atom. The molecule has 54 valence electrons. The third-order valence-corrected chi connectivity index (χ3v) is 3.13. The number of aliphatic carboxylic acids is 1.